The number of anilines is 2. The fraction of sp³-hybridized carbons (Fsp3) is 0.125. The van der Waals surface area contributed by atoms with Gasteiger partial charge in [0, 0.05) is 12.4 Å². The molecule has 0 aliphatic rings. The number of imidazole rings is 1. The van der Waals surface area contributed by atoms with E-state index in [1.807, 2.05) is 6.07 Å². The number of benzene rings is 2. The third kappa shape index (κ3) is 7.08. The molecule has 0 spiro atoms. The third-order valence-corrected chi connectivity index (χ3v) is 6.81. The van der Waals surface area contributed by atoms with Crippen LogP contribution in [0.3, 0.4) is 0 Å². The smallest absolute Gasteiger partial charge is 0.309 e. The van der Waals surface area contributed by atoms with E-state index in [1.165, 1.54) is 18.9 Å². The van der Waals surface area contributed by atoms with Crippen LogP contribution in [-0.2, 0) is 20.8 Å². The molecule has 0 aliphatic carbocycles. The van der Waals surface area contributed by atoms with E-state index in [-0.39, 0.29) is 11.6 Å². The highest BCUT2D eigenvalue weighted by Gasteiger charge is 2.19. The lowest BCUT2D eigenvalue weighted by molar-refractivity contribution is -0.136. The van der Waals surface area contributed by atoms with Gasteiger partial charge in [-0.2, -0.15) is 0 Å². The Morgan fingerprint density at radius 3 is 2.43 bits per heavy atom. The minimum absolute atomic E-state index is 0.183. The summed E-state index contributed by atoms with van der Waals surface area (Å²) < 4.78 is 11.8. The molecule has 0 saturated carbocycles. The number of nitrogens with one attached hydrogen (secondary N) is 3. The van der Waals surface area contributed by atoms with Crippen LogP contribution in [0.1, 0.15) is 12.1 Å². The molecule has 2 aromatic heterocycles. The van der Waals surface area contributed by atoms with Crippen LogP contribution in [0.2, 0.25) is 0 Å². The highest BCUT2D eigenvalue weighted by molar-refractivity contribution is 8.01. The molecule has 0 radical (unpaired) electrons. The van der Waals surface area contributed by atoms with Crippen molar-refractivity contribution in [2.45, 2.75) is 22.2 Å². The number of carboxylic acids is 1. The maximum Gasteiger partial charge on any atom is 0.309 e. The predicted octanol–water partition coefficient (Wildman–Crippen LogP) is 4.41. The van der Waals surface area contributed by atoms with Gasteiger partial charge in [-0.1, -0.05) is 35.6 Å². The Labute approximate surface area is 219 Å². The van der Waals surface area contributed by atoms with E-state index >= 15 is 0 Å². The van der Waals surface area contributed by atoms with Crippen molar-refractivity contribution >= 4 is 51.7 Å². The molecule has 13 heteroatoms. The molecule has 0 saturated heterocycles. The monoisotopic (exact) mass is 539 g/mol. The van der Waals surface area contributed by atoms with Crippen LogP contribution in [0.15, 0.2) is 70.3 Å². The molecule has 0 unspecified atom stereocenters. The van der Waals surface area contributed by atoms with E-state index < -0.39 is 24.2 Å². The van der Waals surface area contributed by atoms with Crippen LogP contribution in [0.25, 0.3) is 0 Å². The van der Waals surface area contributed by atoms with Gasteiger partial charge in [0.05, 0.1) is 29.1 Å². The second-order valence-electron chi connectivity index (χ2n) is 7.34. The molecular weight excluding hydrogens is 518 g/mol. The van der Waals surface area contributed by atoms with E-state index in [9.17, 15) is 19.5 Å². The summed E-state index contributed by atoms with van der Waals surface area (Å²) in [5.74, 6) is -0.866. The Balaban J connectivity index is 1.40. The molecule has 2 heterocycles. The number of aliphatic carboxylic acids is 1. The van der Waals surface area contributed by atoms with Crippen LogP contribution >= 0.6 is 23.1 Å². The number of amides is 2. The number of methoxy groups -OCH3 is 1. The van der Waals surface area contributed by atoms with Crippen molar-refractivity contribution in [3.63, 3.8) is 0 Å². The molecule has 2 amide bonds. The largest absolute Gasteiger partial charge is 0.493 e. The SMILES string of the molecule is COc1ccccc1Oc1ccccc1NC(=O)CC(=O)Nc1nc(CC(=O)O)c(Sc2ncc[nH]2)s1. The van der Waals surface area contributed by atoms with Gasteiger partial charge in [-0.25, -0.2) is 9.97 Å². The van der Waals surface area contributed by atoms with Crippen molar-refractivity contribution in [3.8, 4) is 17.2 Å². The highest BCUT2D eigenvalue weighted by Crippen LogP contribution is 2.37. The minimum Gasteiger partial charge on any atom is -0.493 e. The Morgan fingerprint density at radius 1 is 1.03 bits per heavy atom. The lowest BCUT2D eigenvalue weighted by atomic mass is 10.2. The van der Waals surface area contributed by atoms with Crippen molar-refractivity contribution in [1.29, 1.82) is 0 Å². The van der Waals surface area contributed by atoms with Crippen molar-refractivity contribution in [3.05, 3.63) is 66.6 Å². The van der Waals surface area contributed by atoms with Gasteiger partial charge >= 0.3 is 5.97 Å². The Kier molecular flexibility index (Phi) is 8.38. The van der Waals surface area contributed by atoms with Crippen molar-refractivity contribution in [2.75, 3.05) is 17.7 Å². The zero-order valence-electron chi connectivity index (χ0n) is 19.4. The zero-order valence-corrected chi connectivity index (χ0v) is 21.0. The number of carboxylic acid groups (broad SMARTS) is 1. The number of ether oxygens (including phenoxy) is 2. The van der Waals surface area contributed by atoms with Gasteiger partial charge in [-0.15, -0.1) is 0 Å². The molecule has 4 rings (SSSR count). The molecule has 2 aromatic carbocycles. The van der Waals surface area contributed by atoms with E-state index in [0.717, 1.165) is 11.3 Å². The topological polar surface area (TPSA) is 156 Å². The summed E-state index contributed by atoms with van der Waals surface area (Å²) in [6.07, 6.45) is 2.40. The number of carbonyl (C=O) groups excluding carboxylic acids is 2. The normalized spacial score (nSPS) is 10.5. The second kappa shape index (κ2) is 12.1. The quantitative estimate of drug-likeness (QED) is 0.203. The van der Waals surface area contributed by atoms with Gasteiger partial charge in [0.25, 0.3) is 0 Å². The number of thiazole rings is 1. The third-order valence-electron chi connectivity index (χ3n) is 4.66. The number of H-pyrrole nitrogens is 1. The first-order valence-corrected chi connectivity index (χ1v) is 12.4. The summed E-state index contributed by atoms with van der Waals surface area (Å²) in [5, 5.41) is 15.2. The summed E-state index contributed by atoms with van der Waals surface area (Å²) in [5.41, 5.74) is 0.669. The van der Waals surface area contributed by atoms with Gasteiger partial charge in [-0.05, 0) is 36.0 Å². The van der Waals surface area contributed by atoms with Gasteiger partial charge < -0.3 is 30.2 Å². The molecular formula is C24H21N5O6S2. The van der Waals surface area contributed by atoms with Crippen LogP contribution in [0.5, 0.6) is 17.2 Å². The molecule has 0 fully saturated rings. The number of aromatic amines is 1. The molecule has 37 heavy (non-hydrogen) atoms. The number of hydrogen-bond acceptors (Lipinski definition) is 9. The molecule has 4 N–H and O–H groups in total. The highest BCUT2D eigenvalue weighted by atomic mass is 32.2. The molecule has 0 bridgehead atoms. The number of hydrogen-bond donors (Lipinski definition) is 4. The van der Waals surface area contributed by atoms with E-state index in [0.29, 0.717) is 38.0 Å². The lowest BCUT2D eigenvalue weighted by Crippen LogP contribution is -2.21. The molecule has 11 nitrogen and oxygen atoms in total. The standard InChI is InChI=1S/C24H21N5O6S2/c1-34-17-8-4-5-9-18(17)35-16-7-3-2-6-14(16)27-19(30)13-20(31)29-24-28-15(12-21(32)33)22(37-24)36-23-25-10-11-26-23/h2-11H,12-13H2,1H3,(H,25,26)(H,27,30)(H,32,33)(H,28,29,31). The number of para-hydroxylation sites is 4. The first-order valence-electron chi connectivity index (χ1n) is 10.8. The summed E-state index contributed by atoms with van der Waals surface area (Å²) in [4.78, 5) is 47.6. The number of aromatic nitrogens is 3. The maximum atomic E-state index is 12.6. The number of rotatable bonds is 11. The predicted molar refractivity (Wildman–Crippen MR) is 138 cm³/mol. The number of nitrogens with zero attached hydrogens (tertiary/aromatic N) is 2. The lowest BCUT2D eigenvalue weighted by Gasteiger charge is -2.14. The van der Waals surface area contributed by atoms with E-state index in [2.05, 4.69) is 25.6 Å². The molecule has 0 aliphatic heterocycles. The first kappa shape index (κ1) is 25.7. The van der Waals surface area contributed by atoms with Crippen molar-refractivity contribution in [2.24, 2.45) is 0 Å². The van der Waals surface area contributed by atoms with Gasteiger partial charge in [0.15, 0.2) is 27.5 Å². The summed E-state index contributed by atoms with van der Waals surface area (Å²) in [6.45, 7) is 0. The first-order chi connectivity index (χ1) is 17.9. The van der Waals surface area contributed by atoms with Gasteiger partial charge in [0.1, 0.15) is 6.42 Å². The second-order valence-corrected chi connectivity index (χ2v) is 9.60. The van der Waals surface area contributed by atoms with Crippen LogP contribution in [0.4, 0.5) is 10.8 Å². The summed E-state index contributed by atoms with van der Waals surface area (Å²) in [7, 11) is 1.53. The Morgan fingerprint density at radius 2 is 1.73 bits per heavy atom. The Bertz CT molecular complexity index is 1410. The average Bonchev–Trinajstić information content (AvgIpc) is 3.50. The van der Waals surface area contributed by atoms with Crippen LogP contribution in [0, 0.1) is 0 Å². The van der Waals surface area contributed by atoms with Crippen molar-refractivity contribution in [1.82, 2.24) is 15.0 Å². The molecule has 190 valence electrons. The van der Waals surface area contributed by atoms with Crippen LogP contribution < -0.4 is 20.1 Å². The average molecular weight is 540 g/mol. The van der Waals surface area contributed by atoms with Gasteiger partial charge in [0.2, 0.25) is 11.8 Å². The van der Waals surface area contributed by atoms with Crippen molar-refractivity contribution < 1.29 is 29.0 Å². The Hall–Kier alpha value is -4.36. The minimum atomic E-state index is -1.06. The summed E-state index contributed by atoms with van der Waals surface area (Å²) >= 11 is 2.30. The molecule has 4 aromatic rings. The number of carbonyl (C=O) groups is 3. The van der Waals surface area contributed by atoms with Gasteiger partial charge in [-0.3, -0.25) is 14.4 Å². The zero-order chi connectivity index (χ0) is 26.2. The van der Waals surface area contributed by atoms with E-state index in [4.69, 9.17) is 9.47 Å². The maximum absolute atomic E-state index is 12.6. The summed E-state index contributed by atoms with van der Waals surface area (Å²) in [6, 6.07) is 13.9. The molecule has 0 atom stereocenters. The van der Waals surface area contributed by atoms with E-state index in [1.54, 1.807) is 54.9 Å². The van der Waals surface area contributed by atoms with Crippen LogP contribution in [-0.4, -0.2) is 45.0 Å². The fourth-order valence-corrected chi connectivity index (χ4v) is 5.13. The fourth-order valence-electron chi connectivity index (χ4n) is 3.10.